The number of benzene rings is 2. The molecule has 200 valence electrons. The van der Waals surface area contributed by atoms with Crippen molar-refractivity contribution in [3.8, 4) is 0 Å². The summed E-state index contributed by atoms with van der Waals surface area (Å²) in [7, 11) is 2.84. The van der Waals surface area contributed by atoms with Gasteiger partial charge in [0.05, 0.1) is 22.6 Å². The number of rotatable bonds is 10. The molecule has 4 rings (SSSR count). The Morgan fingerprint density at radius 3 is 2.58 bits per heavy atom. The van der Waals surface area contributed by atoms with Crippen molar-refractivity contribution in [3.63, 3.8) is 0 Å². The molecule has 7 nitrogen and oxygen atoms in total. The van der Waals surface area contributed by atoms with Crippen molar-refractivity contribution in [1.29, 1.82) is 0 Å². The van der Waals surface area contributed by atoms with E-state index in [1.807, 2.05) is 54.6 Å². The number of nitrogens with one attached hydrogen (secondary N) is 1. The van der Waals surface area contributed by atoms with E-state index in [1.165, 1.54) is 26.5 Å². The standard InChI is InChI=1S/C25H22Cl3N3O4S3/c1-15(12-29-19(32)11-16-7-3-2-4-8-16)21-22(34)31(13-20(33)35-14-25(26,27)28)23(21)37-38-24-30-17-9-5-6-10-18(17)36-24/h2-10,12,21,23H,11,13-14H2,1H3,(H,29,32). The van der Waals surface area contributed by atoms with Gasteiger partial charge in [0.1, 0.15) is 18.5 Å². The van der Waals surface area contributed by atoms with Crippen LogP contribution in [-0.2, 0) is 25.5 Å². The Bertz CT molecular complexity index is 1310. The molecule has 0 radical (unpaired) electrons. The molecule has 1 aliphatic heterocycles. The third kappa shape index (κ3) is 7.80. The second kappa shape index (κ2) is 12.9. The molecule has 3 aromatic rings. The minimum Gasteiger partial charge on any atom is -0.460 e. The van der Waals surface area contributed by atoms with Gasteiger partial charge in [-0.15, -0.1) is 11.3 Å². The third-order valence-electron chi connectivity index (χ3n) is 5.49. The number of thiazole rings is 1. The monoisotopic (exact) mass is 629 g/mol. The number of nitrogens with zero attached hydrogens (tertiary/aromatic N) is 2. The molecule has 0 saturated carbocycles. The number of hydrogen-bond acceptors (Lipinski definition) is 8. The SMILES string of the molecule is CC(=CNC(=O)Cc1ccccc1)C1C(=O)N(CC(=O)OCC(Cl)(Cl)Cl)C1SSc1nc2ccccc2s1. The molecule has 1 fully saturated rings. The predicted molar refractivity (Wildman–Crippen MR) is 155 cm³/mol. The van der Waals surface area contributed by atoms with E-state index >= 15 is 0 Å². The lowest BCUT2D eigenvalue weighted by atomic mass is 9.91. The summed E-state index contributed by atoms with van der Waals surface area (Å²) >= 11 is 18.5. The van der Waals surface area contributed by atoms with Gasteiger partial charge < -0.3 is 15.0 Å². The molecule has 0 aliphatic carbocycles. The molecule has 1 saturated heterocycles. The molecule has 0 bridgehead atoms. The van der Waals surface area contributed by atoms with Crippen LogP contribution in [0.3, 0.4) is 0 Å². The highest BCUT2D eigenvalue weighted by Crippen LogP contribution is 2.48. The van der Waals surface area contributed by atoms with Crippen molar-refractivity contribution in [2.45, 2.75) is 26.9 Å². The first kappa shape index (κ1) is 29.0. The molecule has 38 heavy (non-hydrogen) atoms. The average molecular weight is 631 g/mol. The van der Waals surface area contributed by atoms with Crippen molar-refractivity contribution in [2.75, 3.05) is 13.2 Å². The van der Waals surface area contributed by atoms with Crippen molar-refractivity contribution in [2.24, 2.45) is 5.92 Å². The fourth-order valence-corrected chi connectivity index (χ4v) is 7.93. The predicted octanol–water partition coefficient (Wildman–Crippen LogP) is 6.00. The van der Waals surface area contributed by atoms with Gasteiger partial charge in [-0.1, -0.05) is 88.1 Å². The van der Waals surface area contributed by atoms with E-state index in [-0.39, 0.29) is 24.8 Å². The summed E-state index contributed by atoms with van der Waals surface area (Å²) in [4.78, 5) is 43.9. The summed E-state index contributed by atoms with van der Waals surface area (Å²) in [6.07, 6.45) is 1.78. The van der Waals surface area contributed by atoms with Crippen molar-refractivity contribution in [3.05, 3.63) is 71.9 Å². The van der Waals surface area contributed by atoms with Crippen molar-refractivity contribution < 1.29 is 19.1 Å². The number of β-lactam (4-membered cyclic amide) rings is 1. The minimum atomic E-state index is -1.74. The number of likely N-dealkylation sites (tertiary alicyclic amines) is 1. The number of hydrogen-bond donors (Lipinski definition) is 1. The molecule has 1 aromatic heterocycles. The Morgan fingerprint density at radius 2 is 1.87 bits per heavy atom. The number of halogens is 3. The summed E-state index contributed by atoms with van der Waals surface area (Å²) in [5, 5.41) is 2.37. The van der Waals surface area contributed by atoms with Crippen molar-refractivity contribution in [1.82, 2.24) is 15.2 Å². The van der Waals surface area contributed by atoms with Gasteiger partial charge in [0.15, 0.2) is 4.34 Å². The maximum atomic E-state index is 13.1. The quantitative estimate of drug-likeness (QED) is 0.127. The Labute approximate surface area is 246 Å². The number of ether oxygens (including phenoxy) is 1. The number of carbonyl (C=O) groups excluding carboxylic acids is 3. The van der Waals surface area contributed by atoms with Crippen LogP contribution in [0.25, 0.3) is 10.2 Å². The second-order valence-corrected chi connectivity index (χ2v) is 14.5. The fourth-order valence-electron chi connectivity index (χ4n) is 3.66. The van der Waals surface area contributed by atoms with Crippen LogP contribution in [0.15, 0.2) is 70.7 Å². The lowest BCUT2D eigenvalue weighted by molar-refractivity contribution is -0.158. The smallest absolute Gasteiger partial charge is 0.325 e. The van der Waals surface area contributed by atoms with E-state index < -0.39 is 27.7 Å². The van der Waals surface area contributed by atoms with Crippen LogP contribution in [-0.4, -0.2) is 50.0 Å². The maximum Gasteiger partial charge on any atom is 0.325 e. The average Bonchev–Trinajstić information content (AvgIpc) is 3.30. The molecule has 2 atom stereocenters. The number of para-hydroxylation sites is 1. The zero-order valence-electron chi connectivity index (χ0n) is 19.9. The van der Waals surface area contributed by atoms with Crippen LogP contribution in [0.1, 0.15) is 12.5 Å². The molecule has 1 N–H and O–H groups in total. The number of esters is 1. The first-order valence-corrected chi connectivity index (χ1v) is 15.5. The van der Waals surface area contributed by atoms with Gasteiger partial charge in [-0.25, -0.2) is 4.98 Å². The third-order valence-corrected chi connectivity index (χ3v) is 9.87. The Kier molecular flexibility index (Phi) is 9.89. The lowest BCUT2D eigenvalue weighted by Gasteiger charge is -2.46. The highest BCUT2D eigenvalue weighted by Gasteiger charge is 2.49. The molecular weight excluding hydrogens is 609 g/mol. The summed E-state index contributed by atoms with van der Waals surface area (Å²) in [5.74, 6) is -1.68. The van der Waals surface area contributed by atoms with Gasteiger partial charge in [0, 0.05) is 6.20 Å². The molecule has 13 heteroatoms. The fraction of sp³-hybridized carbons (Fsp3) is 0.280. The van der Waals surface area contributed by atoms with Gasteiger partial charge >= 0.3 is 5.97 Å². The van der Waals surface area contributed by atoms with Gasteiger partial charge in [-0.05, 0) is 41.0 Å². The lowest BCUT2D eigenvalue weighted by Crippen LogP contribution is -2.61. The van der Waals surface area contributed by atoms with Gasteiger partial charge in [0.25, 0.3) is 0 Å². The molecule has 2 heterocycles. The largest absolute Gasteiger partial charge is 0.460 e. The highest BCUT2D eigenvalue weighted by atomic mass is 35.6. The van der Waals surface area contributed by atoms with Crippen LogP contribution < -0.4 is 5.32 Å². The van der Waals surface area contributed by atoms with Gasteiger partial charge in [0.2, 0.25) is 15.6 Å². The second-order valence-electron chi connectivity index (χ2n) is 8.36. The zero-order chi connectivity index (χ0) is 27.3. The molecule has 1 aliphatic rings. The molecular formula is C25H22Cl3N3O4S3. The minimum absolute atomic E-state index is 0.192. The summed E-state index contributed by atoms with van der Waals surface area (Å²) in [6.45, 7) is 1.06. The molecule has 0 spiro atoms. The topological polar surface area (TPSA) is 88.6 Å². The number of alkyl halides is 3. The first-order chi connectivity index (χ1) is 18.1. The Morgan fingerprint density at radius 1 is 1.16 bits per heavy atom. The summed E-state index contributed by atoms with van der Waals surface area (Å²) in [6, 6.07) is 17.2. The summed E-state index contributed by atoms with van der Waals surface area (Å²) < 4.78 is 5.15. The first-order valence-electron chi connectivity index (χ1n) is 11.3. The van der Waals surface area contributed by atoms with Crippen molar-refractivity contribution >= 4 is 95.7 Å². The van der Waals surface area contributed by atoms with E-state index in [9.17, 15) is 14.4 Å². The van der Waals surface area contributed by atoms with E-state index in [0.717, 1.165) is 20.1 Å². The van der Waals surface area contributed by atoms with Crippen LogP contribution in [0, 0.1) is 5.92 Å². The van der Waals surface area contributed by atoms with Crippen LogP contribution in [0.5, 0.6) is 0 Å². The van der Waals surface area contributed by atoms with Crippen LogP contribution in [0.2, 0.25) is 0 Å². The summed E-state index contributed by atoms with van der Waals surface area (Å²) in [5.41, 5.74) is 2.45. The highest BCUT2D eigenvalue weighted by molar-refractivity contribution is 8.77. The van der Waals surface area contributed by atoms with Crippen LogP contribution >= 0.6 is 67.7 Å². The van der Waals surface area contributed by atoms with E-state index in [1.54, 1.807) is 24.5 Å². The molecule has 2 unspecified atom stereocenters. The maximum absolute atomic E-state index is 13.1. The number of amides is 2. The number of carbonyl (C=O) groups is 3. The van der Waals surface area contributed by atoms with Crippen LogP contribution in [0.4, 0.5) is 0 Å². The Hall–Kier alpha value is -1.95. The normalized spacial score (nSPS) is 17.8. The number of fused-ring (bicyclic) bond motifs is 1. The molecule has 2 amide bonds. The van der Waals surface area contributed by atoms with E-state index in [0.29, 0.717) is 5.57 Å². The Balaban J connectivity index is 1.43. The number of aromatic nitrogens is 1. The zero-order valence-corrected chi connectivity index (χ0v) is 24.7. The van der Waals surface area contributed by atoms with E-state index in [4.69, 9.17) is 39.5 Å². The van der Waals surface area contributed by atoms with E-state index in [2.05, 4.69) is 10.3 Å². The van der Waals surface area contributed by atoms with Gasteiger partial charge in [-0.3, -0.25) is 14.4 Å². The van der Waals surface area contributed by atoms with Gasteiger partial charge in [-0.2, -0.15) is 0 Å². The molecule has 2 aromatic carbocycles.